The van der Waals surface area contributed by atoms with Crippen LogP contribution in [0.5, 0.6) is 0 Å². The minimum Gasteiger partial charge on any atom is -0.481 e. The van der Waals surface area contributed by atoms with Gasteiger partial charge in [-0.15, -0.1) is 0 Å². The van der Waals surface area contributed by atoms with E-state index in [1.54, 1.807) is 9.80 Å². The number of carbonyl (C=O) groups excluding carboxylic acids is 6. The highest BCUT2D eigenvalue weighted by atomic mass is 16.5. The molecule has 0 aliphatic heterocycles. The maximum atomic E-state index is 12.8. The van der Waals surface area contributed by atoms with E-state index in [2.05, 4.69) is 31.9 Å². The van der Waals surface area contributed by atoms with Gasteiger partial charge in [0.2, 0.25) is 35.4 Å². The standard InChI is InChI=1S/C45H79N9O22/c55-35(1-5-41(61)62)46-9-21-71-27-15-52(16-28-72-22-10-47-36(56)2-6-42(63)64)33-39(59)50-13-25-75-31-19-54(45(69)70)20-32-76-26-14-51-40(60)34-53(17-29-73-23-11-48-37(57)3-7-43(65)66)18-30-74-24-12-49-38(58)4-8-44(67)68/h1-34H2,(H,46,55)(H,47,56)(H,48,57)(H,49,58)(H,50,59)(H,51,60)(H,61,62)(H,63,64)(H,65,66)(H,67,68)(H,69,70). The highest BCUT2D eigenvalue weighted by Gasteiger charge is 2.15. The topological polar surface area (TPSA) is 426 Å². The summed E-state index contributed by atoms with van der Waals surface area (Å²) < 4.78 is 33.3. The van der Waals surface area contributed by atoms with Crippen molar-refractivity contribution >= 4 is 65.4 Å². The minimum atomic E-state index is -1.21. The average molecular weight is 1100 g/mol. The van der Waals surface area contributed by atoms with E-state index in [-0.39, 0.29) is 208 Å². The fraction of sp³-hybridized carbons (Fsp3) is 0.756. The van der Waals surface area contributed by atoms with Crippen LogP contribution in [0, 0.1) is 0 Å². The van der Waals surface area contributed by atoms with E-state index < -0.39 is 53.6 Å². The second-order valence-electron chi connectivity index (χ2n) is 16.2. The van der Waals surface area contributed by atoms with Gasteiger partial charge in [0.25, 0.3) is 0 Å². The molecule has 0 aromatic heterocycles. The molecule has 0 aliphatic carbocycles. The number of hydrogen-bond acceptors (Lipinski definition) is 19. The molecule has 0 aromatic carbocycles. The molecule has 76 heavy (non-hydrogen) atoms. The van der Waals surface area contributed by atoms with Crippen LogP contribution in [-0.4, -0.2) is 277 Å². The Balaban J connectivity index is 4.71. The molecule has 31 nitrogen and oxygen atoms in total. The van der Waals surface area contributed by atoms with Crippen molar-refractivity contribution in [2.75, 3.05) is 171 Å². The lowest BCUT2D eigenvalue weighted by molar-refractivity contribution is -0.139. The van der Waals surface area contributed by atoms with E-state index in [9.17, 15) is 57.8 Å². The van der Waals surface area contributed by atoms with Crippen LogP contribution < -0.4 is 31.9 Å². The number of nitrogens with one attached hydrogen (secondary N) is 6. The van der Waals surface area contributed by atoms with Crippen molar-refractivity contribution in [1.82, 2.24) is 46.6 Å². The number of hydrogen-bond donors (Lipinski definition) is 11. The van der Waals surface area contributed by atoms with Gasteiger partial charge in [-0.25, -0.2) is 4.79 Å². The van der Waals surface area contributed by atoms with E-state index >= 15 is 0 Å². The summed E-state index contributed by atoms with van der Waals surface area (Å²) in [5.41, 5.74) is 0. The number of amides is 7. The van der Waals surface area contributed by atoms with Gasteiger partial charge in [-0.3, -0.25) is 57.7 Å². The second-order valence-corrected chi connectivity index (χ2v) is 16.2. The molecular weight excluding hydrogens is 1020 g/mol. The lowest BCUT2D eigenvalue weighted by atomic mass is 10.3. The largest absolute Gasteiger partial charge is 0.481 e. The molecule has 7 amide bonds. The first kappa shape index (κ1) is 69.7. The molecule has 0 fully saturated rings. The molecule has 11 N–H and O–H groups in total. The summed E-state index contributed by atoms with van der Waals surface area (Å²) >= 11 is 0. The number of ether oxygens (including phenoxy) is 6. The van der Waals surface area contributed by atoms with Crippen molar-refractivity contribution in [3.63, 3.8) is 0 Å². The number of nitrogens with zero attached hydrogens (tertiary/aromatic N) is 3. The molecule has 0 atom stereocenters. The van der Waals surface area contributed by atoms with Crippen LogP contribution in [0.1, 0.15) is 51.4 Å². The van der Waals surface area contributed by atoms with Gasteiger partial charge < -0.3 is 90.8 Å². The first-order chi connectivity index (χ1) is 36.4. The summed E-state index contributed by atoms with van der Waals surface area (Å²) in [6.45, 7) is 3.40. The van der Waals surface area contributed by atoms with E-state index in [0.717, 1.165) is 4.90 Å². The summed E-state index contributed by atoms with van der Waals surface area (Å²) in [5.74, 6) is -6.76. The quantitative estimate of drug-likeness (QED) is 0.0257. The summed E-state index contributed by atoms with van der Waals surface area (Å²) in [7, 11) is 0. The predicted octanol–water partition coefficient (Wildman–Crippen LogP) is -4.17. The van der Waals surface area contributed by atoms with Crippen LogP contribution in [-0.2, 0) is 76.4 Å². The Morgan fingerprint density at radius 2 is 0.487 bits per heavy atom. The number of carboxylic acids is 4. The maximum absolute atomic E-state index is 12.8. The molecule has 0 unspecified atom stereocenters. The molecule has 0 aliphatic rings. The number of aliphatic carboxylic acids is 4. The lowest BCUT2D eigenvalue weighted by Crippen LogP contribution is -2.42. The third kappa shape index (κ3) is 47.4. The number of rotatable bonds is 52. The highest BCUT2D eigenvalue weighted by Crippen LogP contribution is 1.97. The molecular formula is C45H79N9O22. The normalized spacial score (nSPS) is 10.9. The predicted molar refractivity (Wildman–Crippen MR) is 263 cm³/mol. The molecule has 0 bridgehead atoms. The zero-order valence-electron chi connectivity index (χ0n) is 43.1. The van der Waals surface area contributed by atoms with Gasteiger partial charge in [-0.1, -0.05) is 0 Å². The van der Waals surface area contributed by atoms with Crippen LogP contribution in [0.4, 0.5) is 4.79 Å². The van der Waals surface area contributed by atoms with Gasteiger partial charge in [0.1, 0.15) is 0 Å². The second kappa shape index (κ2) is 47.1. The van der Waals surface area contributed by atoms with Crippen molar-refractivity contribution in [3.05, 3.63) is 0 Å². The van der Waals surface area contributed by atoms with Crippen LogP contribution in [0.25, 0.3) is 0 Å². The fourth-order valence-electron chi connectivity index (χ4n) is 5.91. The Bertz CT molecular complexity index is 1530. The van der Waals surface area contributed by atoms with Gasteiger partial charge in [0.15, 0.2) is 0 Å². The van der Waals surface area contributed by atoms with Crippen molar-refractivity contribution in [2.45, 2.75) is 51.4 Å². The smallest absolute Gasteiger partial charge is 0.407 e. The maximum Gasteiger partial charge on any atom is 0.407 e. The highest BCUT2D eigenvalue weighted by molar-refractivity contribution is 5.82. The zero-order chi connectivity index (χ0) is 56.6. The van der Waals surface area contributed by atoms with Crippen LogP contribution in [0.15, 0.2) is 0 Å². The Labute approximate surface area is 440 Å². The van der Waals surface area contributed by atoms with Gasteiger partial charge in [-0.05, 0) is 0 Å². The SMILES string of the molecule is O=C(O)CCC(=O)NCCOCCN(CCOCCNC(=O)CCC(=O)O)CC(=O)NCCOCCN(CCOCCNC(=O)CN(CCOCCNC(=O)CCC(=O)O)CCOCCNC(=O)CCC(=O)O)C(=O)O. The molecule has 0 saturated heterocycles. The molecule has 0 radical (unpaired) electrons. The fourth-order valence-corrected chi connectivity index (χ4v) is 5.91. The Morgan fingerprint density at radius 1 is 0.276 bits per heavy atom. The third-order valence-electron chi connectivity index (χ3n) is 9.90. The number of carboxylic acid groups (broad SMARTS) is 5. The lowest BCUT2D eigenvalue weighted by Gasteiger charge is -2.22. The van der Waals surface area contributed by atoms with Gasteiger partial charge in [0.05, 0.1) is 118 Å². The van der Waals surface area contributed by atoms with Gasteiger partial charge in [-0.2, -0.15) is 0 Å². The Hall–Kier alpha value is -6.35. The summed E-state index contributed by atoms with van der Waals surface area (Å²) in [6, 6.07) is 0. The molecule has 436 valence electrons. The zero-order valence-corrected chi connectivity index (χ0v) is 43.1. The van der Waals surface area contributed by atoms with Gasteiger partial charge >= 0.3 is 30.0 Å². The van der Waals surface area contributed by atoms with E-state index in [1.807, 2.05) is 0 Å². The molecule has 0 aromatic rings. The average Bonchev–Trinajstić information content (AvgIpc) is 3.36. The van der Waals surface area contributed by atoms with Crippen molar-refractivity contribution in [3.8, 4) is 0 Å². The van der Waals surface area contributed by atoms with Crippen molar-refractivity contribution in [1.29, 1.82) is 0 Å². The monoisotopic (exact) mass is 1100 g/mol. The molecule has 0 rings (SSSR count). The van der Waals surface area contributed by atoms with Crippen molar-refractivity contribution < 1.29 is 107 Å². The summed E-state index contributed by atoms with van der Waals surface area (Å²) in [5, 5.41) is 60.1. The van der Waals surface area contributed by atoms with Crippen LogP contribution in [0.2, 0.25) is 0 Å². The van der Waals surface area contributed by atoms with Crippen molar-refractivity contribution in [2.24, 2.45) is 0 Å². The first-order valence-electron chi connectivity index (χ1n) is 24.7. The molecule has 0 spiro atoms. The molecule has 0 heterocycles. The summed E-state index contributed by atoms with van der Waals surface area (Å²) in [6.07, 6.45) is -3.03. The van der Waals surface area contributed by atoms with E-state index in [4.69, 9.17) is 48.8 Å². The van der Waals surface area contributed by atoms with Gasteiger partial charge in [0, 0.05) is 104 Å². The number of carbonyl (C=O) groups is 11. The third-order valence-corrected chi connectivity index (χ3v) is 9.90. The van der Waals surface area contributed by atoms with Crippen LogP contribution in [0.3, 0.4) is 0 Å². The Morgan fingerprint density at radius 3 is 0.697 bits per heavy atom. The van der Waals surface area contributed by atoms with E-state index in [0.29, 0.717) is 26.2 Å². The molecule has 0 saturated carbocycles. The Kier molecular flexibility index (Phi) is 43.2. The minimum absolute atomic E-state index is 0.00129. The molecule has 31 heteroatoms. The first-order valence-corrected chi connectivity index (χ1v) is 24.7. The van der Waals surface area contributed by atoms with E-state index in [1.165, 1.54) is 0 Å². The summed E-state index contributed by atoms with van der Waals surface area (Å²) in [4.78, 5) is 131. The van der Waals surface area contributed by atoms with Crippen LogP contribution >= 0.6 is 0 Å².